The highest BCUT2D eigenvalue weighted by molar-refractivity contribution is 7.27. The molecular formula is C29H26F2N6O2P2S. The molecule has 4 aromatic heterocycles. The SMILES string of the molecule is CC[C@@H](c1cc2scc(C)n2c(=O)c1-c1cccc(F)c1)n1nc(-c2ccc(OC(F)P)c(P)c2)c2c(N)ncnc21. The Hall–Kier alpha value is -3.78. The van der Waals surface area contributed by atoms with E-state index in [2.05, 4.69) is 19.2 Å². The number of pyridine rings is 1. The summed E-state index contributed by atoms with van der Waals surface area (Å²) in [6.45, 7) is 3.86. The number of rotatable bonds is 7. The van der Waals surface area contributed by atoms with Gasteiger partial charge in [0.15, 0.2) is 5.65 Å². The van der Waals surface area contributed by atoms with E-state index in [4.69, 9.17) is 15.6 Å². The van der Waals surface area contributed by atoms with Gasteiger partial charge in [-0.1, -0.05) is 28.3 Å². The summed E-state index contributed by atoms with van der Waals surface area (Å²) < 4.78 is 36.6. The van der Waals surface area contributed by atoms with Crippen LogP contribution in [0.4, 0.5) is 14.6 Å². The maximum Gasteiger partial charge on any atom is 0.264 e. The molecule has 0 saturated carbocycles. The molecule has 0 amide bonds. The average Bonchev–Trinajstić information content (AvgIpc) is 3.52. The first-order chi connectivity index (χ1) is 20.2. The van der Waals surface area contributed by atoms with Gasteiger partial charge in [0.05, 0.1) is 17.0 Å². The molecule has 0 aliphatic carbocycles. The number of anilines is 1. The van der Waals surface area contributed by atoms with Crippen molar-refractivity contribution in [3.8, 4) is 28.1 Å². The van der Waals surface area contributed by atoms with Gasteiger partial charge in [0.2, 0.25) is 6.10 Å². The highest BCUT2D eigenvalue weighted by Crippen LogP contribution is 2.38. The van der Waals surface area contributed by atoms with E-state index in [1.54, 1.807) is 39.4 Å². The molecule has 6 rings (SSSR count). The zero-order valence-corrected chi connectivity index (χ0v) is 25.7. The van der Waals surface area contributed by atoms with E-state index >= 15 is 0 Å². The number of fused-ring (bicyclic) bond motifs is 2. The molecule has 0 aliphatic rings. The van der Waals surface area contributed by atoms with Crippen LogP contribution < -0.4 is 21.3 Å². The Morgan fingerprint density at radius 2 is 1.95 bits per heavy atom. The van der Waals surface area contributed by atoms with Crippen LogP contribution >= 0.6 is 29.8 Å². The van der Waals surface area contributed by atoms with Crippen molar-refractivity contribution in [3.63, 3.8) is 0 Å². The van der Waals surface area contributed by atoms with E-state index in [0.29, 0.717) is 56.5 Å². The Balaban J connectivity index is 1.61. The molecule has 2 N–H and O–H groups in total. The van der Waals surface area contributed by atoms with Crippen molar-refractivity contribution in [1.29, 1.82) is 0 Å². The fourth-order valence-corrected chi connectivity index (χ4v) is 6.70. The molecule has 13 heteroatoms. The van der Waals surface area contributed by atoms with Gasteiger partial charge >= 0.3 is 0 Å². The molecule has 0 radical (unpaired) electrons. The van der Waals surface area contributed by atoms with E-state index in [1.807, 2.05) is 34.5 Å². The lowest BCUT2D eigenvalue weighted by Crippen LogP contribution is -2.22. The third-order valence-electron chi connectivity index (χ3n) is 7.10. The second-order valence-corrected chi connectivity index (χ2v) is 11.8. The minimum Gasteiger partial charge on any atom is -0.457 e. The van der Waals surface area contributed by atoms with Crippen molar-refractivity contribution in [1.82, 2.24) is 24.1 Å². The van der Waals surface area contributed by atoms with Gasteiger partial charge in [-0.05, 0) is 60.9 Å². The number of ether oxygens (including phenoxy) is 1. The van der Waals surface area contributed by atoms with Crippen LogP contribution in [0.15, 0.2) is 65.0 Å². The quantitative estimate of drug-likeness (QED) is 0.224. The number of hydrogen-bond acceptors (Lipinski definition) is 7. The smallest absolute Gasteiger partial charge is 0.264 e. The third kappa shape index (κ3) is 4.85. The first-order valence-corrected chi connectivity index (χ1v) is 15.1. The van der Waals surface area contributed by atoms with Crippen molar-refractivity contribution >= 4 is 56.8 Å². The highest BCUT2D eigenvalue weighted by Gasteiger charge is 2.27. The lowest BCUT2D eigenvalue weighted by Gasteiger charge is -2.21. The Kier molecular flexibility index (Phi) is 7.51. The average molecular weight is 623 g/mol. The third-order valence-corrected chi connectivity index (χ3v) is 8.69. The molecular weight excluding hydrogens is 596 g/mol. The molecule has 0 aliphatic heterocycles. The number of nitrogen functional groups attached to an aromatic ring is 1. The van der Waals surface area contributed by atoms with Crippen molar-refractivity contribution in [2.45, 2.75) is 32.4 Å². The molecule has 0 saturated heterocycles. The topological polar surface area (TPSA) is 100 Å². The number of benzene rings is 2. The van der Waals surface area contributed by atoms with Crippen LogP contribution in [0, 0.1) is 12.7 Å². The van der Waals surface area contributed by atoms with Crippen LogP contribution in [0.25, 0.3) is 38.2 Å². The fraction of sp³-hybridized carbons (Fsp3) is 0.172. The van der Waals surface area contributed by atoms with Crippen molar-refractivity contribution in [2.75, 3.05) is 5.73 Å². The predicted octanol–water partition coefficient (Wildman–Crippen LogP) is 5.87. The summed E-state index contributed by atoms with van der Waals surface area (Å²) in [5.41, 5.74) is 10.2. The maximum atomic E-state index is 14.4. The number of halogens is 2. The standard InChI is InChI=1S/C29H26F2N6O2P2S/c1-3-19(18-11-22-36(14(2)12-42-22)28(38)23(18)15-5-4-6-17(30)9-15)37-27-24(26(32)33-13-34-27)25(35-37)16-7-8-20(21(40)10-16)39-29(31)41/h4-13,19,29H,3,40-41H2,1-2H3,(H2,32,33,34)/t19-,29?/m0/s1. The fourth-order valence-electron chi connectivity index (χ4n) is 5.28. The maximum absolute atomic E-state index is 14.4. The molecule has 0 fully saturated rings. The van der Waals surface area contributed by atoms with Crippen molar-refractivity contribution in [3.05, 3.63) is 87.7 Å². The molecule has 214 valence electrons. The molecule has 8 nitrogen and oxygen atoms in total. The number of aryl methyl sites for hydroxylation is 1. The van der Waals surface area contributed by atoms with E-state index < -0.39 is 18.0 Å². The predicted molar refractivity (Wildman–Crippen MR) is 170 cm³/mol. The zero-order valence-electron chi connectivity index (χ0n) is 22.6. The number of hydrogen-bond donors (Lipinski definition) is 1. The molecule has 0 bridgehead atoms. The first kappa shape index (κ1) is 28.3. The van der Waals surface area contributed by atoms with Crippen LogP contribution in [0.5, 0.6) is 5.75 Å². The molecule has 3 unspecified atom stereocenters. The molecule has 6 aromatic rings. The summed E-state index contributed by atoms with van der Waals surface area (Å²) in [5.74, 6) is 0.169. The van der Waals surface area contributed by atoms with Crippen LogP contribution in [-0.2, 0) is 0 Å². The Morgan fingerprint density at radius 1 is 1.14 bits per heavy atom. The lowest BCUT2D eigenvalue weighted by atomic mass is 9.95. The van der Waals surface area contributed by atoms with Crippen LogP contribution in [0.2, 0.25) is 0 Å². The van der Waals surface area contributed by atoms with Crippen LogP contribution in [0.3, 0.4) is 0 Å². The van der Waals surface area contributed by atoms with Gasteiger partial charge in [-0.2, -0.15) is 9.49 Å². The van der Waals surface area contributed by atoms with Crippen molar-refractivity contribution < 1.29 is 13.5 Å². The Labute approximate surface area is 248 Å². The monoisotopic (exact) mass is 622 g/mol. The Morgan fingerprint density at radius 3 is 2.67 bits per heavy atom. The summed E-state index contributed by atoms with van der Waals surface area (Å²) in [6.07, 6.45) is 0.361. The Bertz CT molecular complexity index is 2040. The molecule has 4 heterocycles. The van der Waals surface area contributed by atoms with Gasteiger partial charge in [0.25, 0.3) is 5.56 Å². The number of thiazole rings is 1. The number of nitrogens with two attached hydrogens (primary N) is 1. The van der Waals surface area contributed by atoms with Crippen molar-refractivity contribution in [2.24, 2.45) is 0 Å². The zero-order chi connectivity index (χ0) is 29.7. The molecule has 42 heavy (non-hydrogen) atoms. The summed E-state index contributed by atoms with van der Waals surface area (Å²) in [6, 6.07) is 12.8. The highest BCUT2D eigenvalue weighted by atomic mass is 32.1. The van der Waals surface area contributed by atoms with E-state index in [0.717, 1.165) is 10.5 Å². The van der Waals surface area contributed by atoms with Crippen LogP contribution in [0.1, 0.15) is 30.6 Å². The second-order valence-electron chi connectivity index (χ2n) is 9.74. The summed E-state index contributed by atoms with van der Waals surface area (Å²) in [4.78, 5) is 23.5. The molecule has 0 spiro atoms. The largest absolute Gasteiger partial charge is 0.457 e. The minimum atomic E-state index is -1.55. The molecule has 2 aromatic carbocycles. The normalized spacial score (nSPS) is 13.1. The van der Waals surface area contributed by atoms with E-state index in [-0.39, 0.29) is 11.4 Å². The van der Waals surface area contributed by atoms with Gasteiger partial charge in [0.1, 0.15) is 34.2 Å². The number of aromatic nitrogens is 5. The molecule has 4 atom stereocenters. The van der Waals surface area contributed by atoms with Crippen LogP contribution in [-0.4, -0.2) is 30.2 Å². The van der Waals surface area contributed by atoms with Gasteiger partial charge < -0.3 is 10.5 Å². The van der Waals surface area contributed by atoms with Gasteiger partial charge in [-0.3, -0.25) is 9.20 Å². The van der Waals surface area contributed by atoms with Gasteiger partial charge in [-0.15, -0.1) is 20.6 Å². The van der Waals surface area contributed by atoms with E-state index in [1.165, 1.54) is 29.8 Å². The second kappa shape index (κ2) is 11.1. The van der Waals surface area contributed by atoms with Gasteiger partial charge in [0, 0.05) is 21.9 Å². The number of nitrogens with zero attached hydrogens (tertiary/aromatic N) is 5. The summed E-state index contributed by atoms with van der Waals surface area (Å²) in [7, 11) is 4.50. The number of alkyl halides is 1. The first-order valence-electron chi connectivity index (χ1n) is 13.0. The lowest BCUT2D eigenvalue weighted by molar-refractivity contribution is 0.155. The summed E-state index contributed by atoms with van der Waals surface area (Å²) in [5, 5.41) is 8.08. The van der Waals surface area contributed by atoms with Gasteiger partial charge in [-0.25, -0.2) is 19.0 Å². The van der Waals surface area contributed by atoms with E-state index in [9.17, 15) is 13.6 Å². The summed E-state index contributed by atoms with van der Waals surface area (Å²) >= 11 is 1.46. The minimum absolute atomic E-state index is 0.236.